The molecule has 3 atom stereocenters. The number of rotatable bonds is 8. The molecule has 1 aliphatic rings. The molecule has 4 rings (SSSR count). The maximum Gasteiger partial charge on any atom is 0.261 e. The van der Waals surface area contributed by atoms with Crippen molar-refractivity contribution in [3.63, 3.8) is 0 Å². The van der Waals surface area contributed by atoms with Crippen molar-refractivity contribution in [1.29, 1.82) is 0 Å². The smallest absolute Gasteiger partial charge is 0.261 e. The SMILES string of the molecule is C=C[C@@]1(O)CO[C@@H](c2ccccc2)O[C@H]1CCO[Si](c1ccccc1)(c1ccccc1)C(C)(C)C. The average molecular weight is 489 g/mol. The topological polar surface area (TPSA) is 47.9 Å². The molecule has 0 amide bonds. The van der Waals surface area contributed by atoms with E-state index in [1.54, 1.807) is 0 Å². The van der Waals surface area contributed by atoms with E-state index in [9.17, 15) is 5.11 Å². The van der Waals surface area contributed by atoms with Crippen LogP contribution in [0.3, 0.4) is 0 Å². The molecule has 0 radical (unpaired) electrons. The third-order valence-electron chi connectivity index (χ3n) is 6.85. The summed E-state index contributed by atoms with van der Waals surface area (Å²) in [7, 11) is -2.67. The highest BCUT2D eigenvalue weighted by molar-refractivity contribution is 6.99. The maximum atomic E-state index is 11.2. The lowest BCUT2D eigenvalue weighted by atomic mass is 9.94. The highest BCUT2D eigenvalue weighted by atomic mass is 28.4. The minimum atomic E-state index is -2.67. The lowest BCUT2D eigenvalue weighted by molar-refractivity contribution is -0.281. The van der Waals surface area contributed by atoms with Crippen LogP contribution in [-0.2, 0) is 13.9 Å². The molecule has 1 fully saturated rings. The van der Waals surface area contributed by atoms with Gasteiger partial charge in [0.15, 0.2) is 6.29 Å². The van der Waals surface area contributed by atoms with Crippen LogP contribution < -0.4 is 10.4 Å². The van der Waals surface area contributed by atoms with Gasteiger partial charge < -0.3 is 19.0 Å². The number of ether oxygens (including phenoxy) is 2. The summed E-state index contributed by atoms with van der Waals surface area (Å²) >= 11 is 0. The standard InChI is InChI=1S/C30H36O4Si/c1-5-30(31)23-32-28(24-15-9-6-10-16-24)34-27(30)21-22-33-35(29(2,3)4,25-17-11-7-12-18-25)26-19-13-8-14-20-26/h5-20,27-28,31H,1,21-23H2,2-4H3/t27-,28+,30+/m0/s1. The lowest BCUT2D eigenvalue weighted by Crippen LogP contribution is -2.66. The monoisotopic (exact) mass is 488 g/mol. The van der Waals surface area contributed by atoms with Crippen LogP contribution in [0.4, 0.5) is 0 Å². The van der Waals surface area contributed by atoms with Crippen molar-refractivity contribution in [2.24, 2.45) is 0 Å². The minimum absolute atomic E-state index is 0.118. The summed E-state index contributed by atoms with van der Waals surface area (Å²) in [4.78, 5) is 0. The molecule has 35 heavy (non-hydrogen) atoms. The fourth-order valence-corrected chi connectivity index (χ4v) is 9.56. The van der Waals surface area contributed by atoms with Gasteiger partial charge in [-0.1, -0.05) is 118 Å². The van der Waals surface area contributed by atoms with Crippen molar-refractivity contribution < 1.29 is 19.0 Å². The number of hydrogen-bond donors (Lipinski definition) is 1. The molecule has 1 heterocycles. The Morgan fingerprint density at radius 3 is 1.94 bits per heavy atom. The van der Waals surface area contributed by atoms with Gasteiger partial charge in [0.2, 0.25) is 0 Å². The molecule has 0 saturated carbocycles. The molecule has 4 nitrogen and oxygen atoms in total. The fourth-order valence-electron chi connectivity index (χ4n) is 4.98. The molecular weight excluding hydrogens is 452 g/mol. The molecule has 0 spiro atoms. The van der Waals surface area contributed by atoms with E-state index in [-0.39, 0.29) is 11.6 Å². The Balaban J connectivity index is 1.61. The van der Waals surface area contributed by atoms with Crippen LogP contribution in [0, 0.1) is 0 Å². The van der Waals surface area contributed by atoms with E-state index in [1.165, 1.54) is 16.4 Å². The number of benzene rings is 3. The Morgan fingerprint density at radius 1 is 0.943 bits per heavy atom. The zero-order chi connectivity index (χ0) is 24.9. The van der Waals surface area contributed by atoms with Crippen LogP contribution in [0.2, 0.25) is 5.04 Å². The molecule has 0 bridgehead atoms. The summed E-state index contributed by atoms with van der Waals surface area (Å²) in [5, 5.41) is 13.6. The van der Waals surface area contributed by atoms with Gasteiger partial charge in [0.1, 0.15) is 5.60 Å². The summed E-state index contributed by atoms with van der Waals surface area (Å²) in [6.45, 7) is 11.2. The van der Waals surface area contributed by atoms with Crippen molar-refractivity contribution >= 4 is 18.7 Å². The third-order valence-corrected chi connectivity index (χ3v) is 11.9. The quantitative estimate of drug-likeness (QED) is 0.359. The third kappa shape index (κ3) is 5.20. The van der Waals surface area contributed by atoms with Crippen LogP contribution in [-0.4, -0.2) is 38.3 Å². The van der Waals surface area contributed by atoms with Crippen molar-refractivity contribution in [3.05, 3.63) is 109 Å². The van der Waals surface area contributed by atoms with Crippen molar-refractivity contribution in [1.82, 2.24) is 0 Å². The number of aliphatic hydroxyl groups is 1. The fraction of sp³-hybridized carbons (Fsp3) is 0.333. The highest BCUT2D eigenvalue weighted by Crippen LogP contribution is 2.38. The van der Waals surface area contributed by atoms with Crippen LogP contribution in [0.1, 0.15) is 39.0 Å². The van der Waals surface area contributed by atoms with Gasteiger partial charge >= 0.3 is 0 Å². The molecule has 0 unspecified atom stereocenters. The molecule has 1 saturated heterocycles. The largest absolute Gasteiger partial charge is 0.407 e. The van der Waals surface area contributed by atoms with Crippen LogP contribution in [0.5, 0.6) is 0 Å². The predicted molar refractivity (Wildman–Crippen MR) is 143 cm³/mol. The zero-order valence-corrected chi connectivity index (χ0v) is 21.9. The van der Waals surface area contributed by atoms with Crippen molar-refractivity contribution in [2.75, 3.05) is 13.2 Å². The van der Waals surface area contributed by atoms with Gasteiger partial charge in [0.25, 0.3) is 8.32 Å². The molecule has 0 aliphatic carbocycles. The maximum absolute atomic E-state index is 11.2. The first-order chi connectivity index (χ1) is 16.8. The molecule has 5 heteroatoms. The van der Waals surface area contributed by atoms with E-state index in [0.717, 1.165) is 5.56 Å². The normalized spacial score (nSPS) is 23.1. The summed E-state index contributed by atoms with van der Waals surface area (Å²) < 4.78 is 19.2. The first kappa shape index (κ1) is 25.5. The van der Waals surface area contributed by atoms with Crippen molar-refractivity contribution in [3.8, 4) is 0 Å². The van der Waals surface area contributed by atoms with Gasteiger partial charge in [0, 0.05) is 12.2 Å². The molecule has 184 valence electrons. The van der Waals surface area contributed by atoms with Gasteiger partial charge in [-0.15, -0.1) is 6.58 Å². The van der Waals surface area contributed by atoms with Crippen molar-refractivity contribution in [2.45, 2.75) is 50.2 Å². The second kappa shape index (κ2) is 10.6. The van der Waals surface area contributed by atoms with Gasteiger partial charge in [-0.2, -0.15) is 0 Å². The van der Waals surface area contributed by atoms with Crippen LogP contribution >= 0.6 is 0 Å². The molecular formula is C30H36O4Si. The second-order valence-corrected chi connectivity index (χ2v) is 14.5. The van der Waals surface area contributed by atoms with E-state index in [2.05, 4.69) is 75.9 Å². The van der Waals surface area contributed by atoms with Gasteiger partial charge in [0.05, 0.1) is 12.7 Å². The first-order valence-corrected chi connectivity index (χ1v) is 14.1. The van der Waals surface area contributed by atoms with E-state index in [4.69, 9.17) is 13.9 Å². The van der Waals surface area contributed by atoms with Gasteiger partial charge in [-0.05, 0) is 21.8 Å². The molecule has 0 aromatic heterocycles. The summed E-state index contributed by atoms with van der Waals surface area (Å²) in [5.41, 5.74) is -0.350. The van der Waals surface area contributed by atoms with E-state index in [1.807, 2.05) is 42.5 Å². The van der Waals surface area contributed by atoms with Crippen LogP contribution in [0.25, 0.3) is 0 Å². The first-order valence-electron chi connectivity index (χ1n) is 12.2. The Hall–Kier alpha value is -2.54. The van der Waals surface area contributed by atoms with E-state index < -0.39 is 26.3 Å². The summed E-state index contributed by atoms with van der Waals surface area (Å²) in [6, 6.07) is 30.9. The van der Waals surface area contributed by atoms with Crippen LogP contribution in [0.15, 0.2) is 104 Å². The van der Waals surface area contributed by atoms with Gasteiger partial charge in [-0.3, -0.25) is 0 Å². The Bertz CT molecular complexity index is 1040. The minimum Gasteiger partial charge on any atom is -0.407 e. The average Bonchev–Trinajstić information content (AvgIpc) is 2.88. The number of hydrogen-bond acceptors (Lipinski definition) is 4. The lowest BCUT2D eigenvalue weighted by Gasteiger charge is -2.44. The molecule has 3 aromatic carbocycles. The Morgan fingerprint density at radius 2 is 1.46 bits per heavy atom. The predicted octanol–water partition coefficient (Wildman–Crippen LogP) is 4.98. The second-order valence-electron chi connectivity index (χ2n) is 10.2. The molecule has 1 N–H and O–H groups in total. The van der Waals surface area contributed by atoms with E-state index >= 15 is 0 Å². The Kier molecular flexibility index (Phi) is 7.74. The zero-order valence-electron chi connectivity index (χ0n) is 20.9. The summed E-state index contributed by atoms with van der Waals surface area (Å²) in [5.74, 6) is 0. The van der Waals surface area contributed by atoms with E-state index in [0.29, 0.717) is 13.0 Å². The Labute approximate surface area is 210 Å². The molecule has 3 aromatic rings. The highest BCUT2D eigenvalue weighted by Gasteiger charge is 2.50. The van der Waals surface area contributed by atoms with Gasteiger partial charge in [-0.25, -0.2) is 0 Å². The molecule has 1 aliphatic heterocycles. The summed E-state index contributed by atoms with van der Waals surface area (Å²) in [6.07, 6.45) is 1.01.